The van der Waals surface area contributed by atoms with Crippen molar-refractivity contribution in [3.63, 3.8) is 0 Å². The second-order valence-corrected chi connectivity index (χ2v) is 6.59. The van der Waals surface area contributed by atoms with Gasteiger partial charge in [-0.25, -0.2) is 4.79 Å². The molecule has 0 saturated carbocycles. The Balaban J connectivity index is 1.58. The van der Waals surface area contributed by atoms with Crippen LogP contribution in [0.4, 0.5) is 10.5 Å². The fourth-order valence-electron chi connectivity index (χ4n) is 2.50. The Labute approximate surface area is 148 Å². The molecular formula is C18H17BrN2O3. The molecule has 124 valence electrons. The normalized spacial score (nSPS) is 16.8. The summed E-state index contributed by atoms with van der Waals surface area (Å²) in [6, 6.07) is 14.8. The van der Waals surface area contributed by atoms with Crippen molar-refractivity contribution in [3.8, 4) is 0 Å². The zero-order chi connectivity index (χ0) is 17.1. The van der Waals surface area contributed by atoms with Crippen LogP contribution < -0.4 is 10.2 Å². The summed E-state index contributed by atoms with van der Waals surface area (Å²) >= 11 is 3.34. The molecule has 1 heterocycles. The topological polar surface area (TPSA) is 58.6 Å². The fraction of sp³-hybridized carbons (Fsp3) is 0.222. The minimum Gasteiger partial charge on any atom is -0.442 e. The summed E-state index contributed by atoms with van der Waals surface area (Å²) in [5, 5.41) is 2.81. The first-order valence-corrected chi connectivity index (χ1v) is 8.41. The molecule has 5 nitrogen and oxygen atoms in total. The van der Waals surface area contributed by atoms with E-state index in [9.17, 15) is 9.59 Å². The van der Waals surface area contributed by atoms with Crippen LogP contribution in [-0.4, -0.2) is 31.2 Å². The van der Waals surface area contributed by atoms with Crippen LogP contribution >= 0.6 is 15.9 Å². The first-order chi connectivity index (χ1) is 11.5. The van der Waals surface area contributed by atoms with E-state index in [0.29, 0.717) is 12.1 Å². The Bertz CT molecular complexity index is 761. The van der Waals surface area contributed by atoms with Gasteiger partial charge in [0.15, 0.2) is 0 Å². The summed E-state index contributed by atoms with van der Waals surface area (Å²) in [7, 11) is 0. The molecule has 1 fully saturated rings. The van der Waals surface area contributed by atoms with Crippen molar-refractivity contribution in [1.82, 2.24) is 5.32 Å². The second-order valence-electron chi connectivity index (χ2n) is 5.67. The smallest absolute Gasteiger partial charge is 0.414 e. The van der Waals surface area contributed by atoms with E-state index in [1.807, 2.05) is 37.3 Å². The molecule has 2 amide bonds. The standard InChI is InChI=1S/C18H17BrN2O3/c1-12-5-7-15(8-6-12)21-11-16(24-18(21)23)10-20-17(22)13-3-2-4-14(19)9-13/h2-9,16H,10-11H2,1H3,(H,20,22). The predicted molar refractivity (Wildman–Crippen MR) is 95.3 cm³/mol. The van der Waals surface area contributed by atoms with Crippen LogP contribution in [0.15, 0.2) is 53.0 Å². The first kappa shape index (κ1) is 16.5. The van der Waals surface area contributed by atoms with Gasteiger partial charge < -0.3 is 10.1 Å². The van der Waals surface area contributed by atoms with Gasteiger partial charge in [-0.05, 0) is 37.3 Å². The quantitative estimate of drug-likeness (QED) is 0.871. The third-order valence-electron chi connectivity index (χ3n) is 3.80. The molecule has 3 rings (SSSR count). The number of carbonyl (C=O) groups excluding carboxylic acids is 2. The number of carbonyl (C=O) groups is 2. The van der Waals surface area contributed by atoms with Gasteiger partial charge in [-0.2, -0.15) is 0 Å². The summed E-state index contributed by atoms with van der Waals surface area (Å²) < 4.78 is 6.17. The van der Waals surface area contributed by atoms with E-state index in [0.717, 1.165) is 15.7 Å². The van der Waals surface area contributed by atoms with Crippen LogP contribution in [0.3, 0.4) is 0 Å². The average molecular weight is 389 g/mol. The molecule has 1 aliphatic heterocycles. The summed E-state index contributed by atoms with van der Waals surface area (Å²) in [6.45, 7) is 2.69. The highest BCUT2D eigenvalue weighted by atomic mass is 79.9. The SMILES string of the molecule is Cc1ccc(N2CC(CNC(=O)c3cccc(Br)c3)OC2=O)cc1. The molecule has 6 heteroatoms. The van der Waals surface area contributed by atoms with Crippen molar-refractivity contribution >= 4 is 33.6 Å². The third-order valence-corrected chi connectivity index (χ3v) is 4.29. The predicted octanol–water partition coefficient (Wildman–Crippen LogP) is 3.51. The molecule has 2 aromatic rings. The van der Waals surface area contributed by atoms with E-state index in [1.54, 1.807) is 23.1 Å². The fourth-order valence-corrected chi connectivity index (χ4v) is 2.90. The van der Waals surface area contributed by atoms with Crippen molar-refractivity contribution in [2.24, 2.45) is 0 Å². The lowest BCUT2D eigenvalue weighted by Gasteiger charge is -2.13. The Morgan fingerprint density at radius 3 is 2.75 bits per heavy atom. The summed E-state index contributed by atoms with van der Waals surface area (Å²) in [5.74, 6) is -0.193. The van der Waals surface area contributed by atoms with Gasteiger partial charge in [-0.3, -0.25) is 9.69 Å². The Morgan fingerprint density at radius 1 is 1.29 bits per heavy atom. The molecule has 2 aromatic carbocycles. The number of anilines is 1. The lowest BCUT2D eigenvalue weighted by Crippen LogP contribution is -2.34. The Hall–Kier alpha value is -2.34. The molecule has 1 unspecified atom stereocenters. The maximum atomic E-state index is 12.1. The number of ether oxygens (including phenoxy) is 1. The van der Waals surface area contributed by atoms with Crippen LogP contribution in [0.5, 0.6) is 0 Å². The van der Waals surface area contributed by atoms with E-state index in [4.69, 9.17) is 4.74 Å². The van der Waals surface area contributed by atoms with Gasteiger partial charge in [0.1, 0.15) is 6.10 Å². The number of rotatable bonds is 4. The zero-order valence-electron chi connectivity index (χ0n) is 13.2. The molecule has 1 N–H and O–H groups in total. The van der Waals surface area contributed by atoms with Crippen LogP contribution in [0, 0.1) is 6.92 Å². The number of hydrogen-bond donors (Lipinski definition) is 1. The minimum absolute atomic E-state index is 0.193. The highest BCUT2D eigenvalue weighted by molar-refractivity contribution is 9.10. The van der Waals surface area contributed by atoms with Crippen LogP contribution in [0.25, 0.3) is 0 Å². The van der Waals surface area contributed by atoms with E-state index in [1.165, 1.54) is 0 Å². The lowest BCUT2D eigenvalue weighted by molar-refractivity contribution is 0.0916. The van der Waals surface area contributed by atoms with Gasteiger partial charge in [0.2, 0.25) is 0 Å². The minimum atomic E-state index is -0.388. The maximum Gasteiger partial charge on any atom is 0.414 e. The molecule has 0 radical (unpaired) electrons. The average Bonchev–Trinajstić information content (AvgIpc) is 2.94. The summed E-state index contributed by atoms with van der Waals surface area (Å²) in [5.41, 5.74) is 2.49. The van der Waals surface area contributed by atoms with Crippen LogP contribution in [-0.2, 0) is 4.74 Å². The Morgan fingerprint density at radius 2 is 2.04 bits per heavy atom. The summed E-state index contributed by atoms with van der Waals surface area (Å²) in [6.07, 6.45) is -0.754. The number of nitrogens with zero attached hydrogens (tertiary/aromatic N) is 1. The highest BCUT2D eigenvalue weighted by Gasteiger charge is 2.32. The third kappa shape index (κ3) is 3.76. The molecule has 0 spiro atoms. The van der Waals surface area contributed by atoms with E-state index < -0.39 is 0 Å². The number of nitrogens with one attached hydrogen (secondary N) is 1. The molecule has 0 aliphatic carbocycles. The lowest BCUT2D eigenvalue weighted by atomic mass is 10.2. The number of hydrogen-bond acceptors (Lipinski definition) is 3. The second kappa shape index (κ2) is 7.05. The number of halogens is 1. The zero-order valence-corrected chi connectivity index (χ0v) is 14.7. The van der Waals surface area contributed by atoms with Gasteiger partial charge in [-0.1, -0.05) is 39.7 Å². The van der Waals surface area contributed by atoms with Crippen LogP contribution in [0.1, 0.15) is 15.9 Å². The van der Waals surface area contributed by atoms with Crippen LogP contribution in [0.2, 0.25) is 0 Å². The van der Waals surface area contributed by atoms with Crippen molar-refractivity contribution in [1.29, 1.82) is 0 Å². The van der Waals surface area contributed by atoms with E-state index >= 15 is 0 Å². The van der Waals surface area contributed by atoms with Gasteiger partial charge in [0.05, 0.1) is 13.1 Å². The Kier molecular flexibility index (Phi) is 4.85. The monoisotopic (exact) mass is 388 g/mol. The van der Waals surface area contributed by atoms with Crippen molar-refractivity contribution in [2.75, 3.05) is 18.0 Å². The van der Waals surface area contributed by atoms with Crippen molar-refractivity contribution in [2.45, 2.75) is 13.0 Å². The number of aryl methyl sites for hydroxylation is 1. The molecule has 24 heavy (non-hydrogen) atoms. The largest absolute Gasteiger partial charge is 0.442 e. The van der Waals surface area contributed by atoms with Gasteiger partial charge in [0.25, 0.3) is 5.91 Å². The maximum absolute atomic E-state index is 12.1. The molecule has 1 saturated heterocycles. The molecule has 0 aromatic heterocycles. The van der Waals surface area contributed by atoms with Gasteiger partial charge in [0, 0.05) is 15.7 Å². The van der Waals surface area contributed by atoms with E-state index in [-0.39, 0.29) is 24.6 Å². The van der Waals surface area contributed by atoms with E-state index in [2.05, 4.69) is 21.2 Å². The van der Waals surface area contributed by atoms with Crippen molar-refractivity contribution < 1.29 is 14.3 Å². The van der Waals surface area contributed by atoms with Gasteiger partial charge in [-0.15, -0.1) is 0 Å². The molecular weight excluding hydrogens is 372 g/mol. The highest BCUT2D eigenvalue weighted by Crippen LogP contribution is 2.21. The van der Waals surface area contributed by atoms with Gasteiger partial charge >= 0.3 is 6.09 Å². The first-order valence-electron chi connectivity index (χ1n) is 7.61. The number of cyclic esters (lactones) is 1. The van der Waals surface area contributed by atoms with Crippen molar-refractivity contribution in [3.05, 3.63) is 64.1 Å². The molecule has 1 aliphatic rings. The molecule has 1 atom stereocenters. The summed E-state index contributed by atoms with van der Waals surface area (Å²) in [4.78, 5) is 25.7. The molecule has 0 bridgehead atoms. The number of amides is 2. The number of benzene rings is 2.